The van der Waals surface area contributed by atoms with E-state index in [-0.39, 0.29) is 5.91 Å². The van der Waals surface area contributed by atoms with Gasteiger partial charge >= 0.3 is 0 Å². The van der Waals surface area contributed by atoms with Gasteiger partial charge in [-0.1, -0.05) is 0 Å². The molecule has 1 aromatic heterocycles. The van der Waals surface area contributed by atoms with E-state index in [1.54, 1.807) is 0 Å². The molecule has 1 aliphatic heterocycles. The molecule has 0 bridgehead atoms. The van der Waals surface area contributed by atoms with Gasteiger partial charge in [-0.2, -0.15) is 27.9 Å². The number of halogens is 1. The number of amides is 1. The Bertz CT molecular complexity index is 397. The summed E-state index contributed by atoms with van der Waals surface area (Å²) >= 11 is 3.79. The van der Waals surface area contributed by atoms with Crippen molar-refractivity contribution in [2.75, 3.05) is 23.8 Å². The van der Waals surface area contributed by atoms with Crippen LogP contribution in [0, 0.1) is 5.95 Å². The molecule has 1 aromatic rings. The predicted molar refractivity (Wildman–Crippen MR) is 70.1 cm³/mol. The molecule has 6 heteroatoms. The molecule has 17 heavy (non-hydrogen) atoms. The van der Waals surface area contributed by atoms with Crippen LogP contribution in [0.4, 0.5) is 4.39 Å². The Morgan fingerprint density at radius 3 is 3.18 bits per heavy atom. The first-order valence-corrected chi connectivity index (χ1v) is 7.55. The van der Waals surface area contributed by atoms with E-state index in [1.807, 2.05) is 23.5 Å². The molecule has 0 radical (unpaired) electrons. The van der Waals surface area contributed by atoms with Crippen LogP contribution in [-0.4, -0.2) is 39.9 Å². The molecule has 1 fully saturated rings. The fourth-order valence-electron chi connectivity index (χ4n) is 1.51. The van der Waals surface area contributed by atoms with Gasteiger partial charge in [-0.05, 0) is 6.07 Å². The topological polar surface area (TPSA) is 42.0 Å². The molecule has 1 unspecified atom stereocenters. The van der Waals surface area contributed by atoms with E-state index < -0.39 is 5.95 Å². The highest BCUT2D eigenvalue weighted by Crippen LogP contribution is 2.23. The quantitative estimate of drug-likeness (QED) is 0.852. The molecule has 0 spiro atoms. The third kappa shape index (κ3) is 3.89. The summed E-state index contributed by atoms with van der Waals surface area (Å²) in [7, 11) is 0. The molecule has 1 saturated heterocycles. The molecule has 92 valence electrons. The van der Waals surface area contributed by atoms with Crippen LogP contribution in [-0.2, 0) is 0 Å². The molecule has 1 amide bonds. The lowest BCUT2D eigenvalue weighted by Crippen LogP contribution is -2.33. The minimum Gasteiger partial charge on any atom is -0.351 e. The first-order chi connectivity index (χ1) is 8.25. The molecule has 0 aromatic carbocycles. The summed E-state index contributed by atoms with van der Waals surface area (Å²) < 4.78 is 12.8. The first kappa shape index (κ1) is 12.7. The number of thioether (sulfide) groups is 2. The Balaban J connectivity index is 1.84. The number of carbonyl (C=O) groups excluding carboxylic acids is 1. The summed E-state index contributed by atoms with van der Waals surface area (Å²) in [5.74, 6) is 2.53. The summed E-state index contributed by atoms with van der Waals surface area (Å²) in [5, 5.41) is 3.29. The fraction of sp³-hybridized carbons (Fsp3) is 0.455. The minimum absolute atomic E-state index is 0.234. The fourth-order valence-corrected chi connectivity index (χ4v) is 4.12. The van der Waals surface area contributed by atoms with Gasteiger partial charge < -0.3 is 5.32 Å². The molecular weight excluding hydrogens is 259 g/mol. The van der Waals surface area contributed by atoms with Crippen molar-refractivity contribution in [3.05, 3.63) is 29.8 Å². The number of nitrogens with one attached hydrogen (secondary N) is 1. The third-order valence-electron chi connectivity index (χ3n) is 2.36. The van der Waals surface area contributed by atoms with Crippen LogP contribution >= 0.6 is 23.5 Å². The van der Waals surface area contributed by atoms with E-state index in [4.69, 9.17) is 0 Å². The third-order valence-corrected chi connectivity index (χ3v) is 5.21. The molecular formula is C11H13FN2OS2. The lowest BCUT2D eigenvalue weighted by molar-refractivity contribution is 0.0953. The maximum Gasteiger partial charge on any atom is 0.251 e. The molecule has 0 aliphatic carbocycles. The SMILES string of the molecule is O=C(NCC1CSCCS1)c1ccnc(F)c1. The van der Waals surface area contributed by atoms with Gasteiger partial charge in [0.2, 0.25) is 5.95 Å². The molecule has 2 heterocycles. The molecule has 3 nitrogen and oxygen atoms in total. The van der Waals surface area contributed by atoms with Crippen molar-refractivity contribution in [3.63, 3.8) is 0 Å². The number of hydrogen-bond acceptors (Lipinski definition) is 4. The second-order valence-electron chi connectivity index (χ2n) is 3.64. The van der Waals surface area contributed by atoms with Crippen molar-refractivity contribution in [1.82, 2.24) is 10.3 Å². The molecule has 1 aliphatic rings. The number of aromatic nitrogens is 1. The zero-order valence-corrected chi connectivity index (χ0v) is 10.8. The van der Waals surface area contributed by atoms with Crippen LogP contribution in [0.3, 0.4) is 0 Å². The highest BCUT2D eigenvalue weighted by Gasteiger charge is 2.15. The molecule has 1 atom stereocenters. The van der Waals surface area contributed by atoms with Crippen molar-refractivity contribution < 1.29 is 9.18 Å². The molecule has 1 N–H and O–H groups in total. The summed E-state index contributed by atoms with van der Waals surface area (Å²) in [6.07, 6.45) is 1.30. The number of rotatable bonds is 3. The largest absolute Gasteiger partial charge is 0.351 e. The van der Waals surface area contributed by atoms with Gasteiger partial charge in [0.1, 0.15) is 0 Å². The average molecular weight is 272 g/mol. The number of carbonyl (C=O) groups is 1. The predicted octanol–water partition coefficient (Wildman–Crippen LogP) is 1.80. The zero-order chi connectivity index (χ0) is 12.1. The van der Waals surface area contributed by atoms with Crippen LogP contribution in [0.5, 0.6) is 0 Å². The average Bonchev–Trinajstić information content (AvgIpc) is 2.37. The minimum atomic E-state index is -0.625. The van der Waals surface area contributed by atoms with Gasteiger partial charge in [-0.25, -0.2) is 4.98 Å². The van der Waals surface area contributed by atoms with Crippen molar-refractivity contribution in [3.8, 4) is 0 Å². The van der Waals surface area contributed by atoms with E-state index in [0.717, 1.165) is 17.6 Å². The Kier molecular flexibility index (Phi) is 4.67. The highest BCUT2D eigenvalue weighted by atomic mass is 32.2. The van der Waals surface area contributed by atoms with Crippen molar-refractivity contribution in [2.24, 2.45) is 0 Å². The number of pyridine rings is 1. The zero-order valence-electron chi connectivity index (χ0n) is 9.19. The van der Waals surface area contributed by atoms with E-state index in [1.165, 1.54) is 18.0 Å². The van der Waals surface area contributed by atoms with E-state index in [0.29, 0.717) is 17.4 Å². The number of nitrogens with zero attached hydrogens (tertiary/aromatic N) is 1. The highest BCUT2D eigenvalue weighted by molar-refractivity contribution is 8.06. The second kappa shape index (κ2) is 6.26. The van der Waals surface area contributed by atoms with Gasteiger partial charge in [0.05, 0.1) is 0 Å². The van der Waals surface area contributed by atoms with Crippen molar-refractivity contribution in [1.29, 1.82) is 0 Å². The normalized spacial score (nSPS) is 19.9. The second-order valence-corrected chi connectivity index (χ2v) is 6.20. The summed E-state index contributed by atoms with van der Waals surface area (Å²) in [4.78, 5) is 15.1. The van der Waals surface area contributed by atoms with E-state index in [9.17, 15) is 9.18 Å². The maximum absolute atomic E-state index is 12.8. The van der Waals surface area contributed by atoms with Crippen molar-refractivity contribution in [2.45, 2.75) is 5.25 Å². The lowest BCUT2D eigenvalue weighted by atomic mass is 10.2. The lowest BCUT2D eigenvalue weighted by Gasteiger charge is -2.21. The van der Waals surface area contributed by atoms with Gasteiger partial charge in [0, 0.05) is 46.9 Å². The van der Waals surface area contributed by atoms with Crippen LogP contribution < -0.4 is 5.32 Å². The Morgan fingerprint density at radius 1 is 1.59 bits per heavy atom. The number of hydrogen-bond donors (Lipinski definition) is 1. The summed E-state index contributed by atoms with van der Waals surface area (Å²) in [6.45, 7) is 0.639. The Hall–Kier alpha value is -0.750. The van der Waals surface area contributed by atoms with Crippen LogP contribution in [0.2, 0.25) is 0 Å². The maximum atomic E-state index is 12.8. The van der Waals surface area contributed by atoms with Gasteiger partial charge in [0.15, 0.2) is 0 Å². The molecule has 0 saturated carbocycles. The van der Waals surface area contributed by atoms with Crippen molar-refractivity contribution >= 4 is 29.4 Å². The van der Waals surface area contributed by atoms with Crippen LogP contribution in [0.25, 0.3) is 0 Å². The first-order valence-electron chi connectivity index (χ1n) is 5.35. The Morgan fingerprint density at radius 2 is 2.47 bits per heavy atom. The monoisotopic (exact) mass is 272 g/mol. The van der Waals surface area contributed by atoms with Crippen LogP contribution in [0.15, 0.2) is 18.3 Å². The van der Waals surface area contributed by atoms with Gasteiger partial charge in [0.25, 0.3) is 5.91 Å². The smallest absolute Gasteiger partial charge is 0.251 e. The van der Waals surface area contributed by atoms with Crippen LogP contribution in [0.1, 0.15) is 10.4 Å². The standard InChI is InChI=1S/C11H13FN2OS2/c12-10-5-8(1-2-13-10)11(15)14-6-9-7-16-3-4-17-9/h1-2,5,9H,3-4,6-7H2,(H,14,15). The Labute approximate surface area is 108 Å². The summed E-state index contributed by atoms with van der Waals surface area (Å²) in [5.41, 5.74) is 0.325. The van der Waals surface area contributed by atoms with Gasteiger partial charge in [-0.15, -0.1) is 0 Å². The summed E-state index contributed by atoms with van der Waals surface area (Å²) in [6, 6.07) is 2.67. The van der Waals surface area contributed by atoms with Gasteiger partial charge in [-0.3, -0.25) is 4.79 Å². The van der Waals surface area contributed by atoms with E-state index in [2.05, 4.69) is 10.3 Å². The van der Waals surface area contributed by atoms with E-state index >= 15 is 0 Å². The molecule has 2 rings (SSSR count).